The van der Waals surface area contributed by atoms with E-state index in [2.05, 4.69) is 5.32 Å². The Hall–Kier alpha value is -2.77. The van der Waals surface area contributed by atoms with Crippen LogP contribution in [0.4, 0.5) is 5.69 Å². The highest BCUT2D eigenvalue weighted by Gasteiger charge is 2.12. The van der Waals surface area contributed by atoms with E-state index in [0.717, 1.165) is 16.9 Å². The molecule has 0 fully saturated rings. The Balaban J connectivity index is 2.27. The molecule has 0 bridgehead atoms. The number of rotatable bonds is 4. The van der Waals surface area contributed by atoms with Crippen molar-refractivity contribution >= 4 is 29.3 Å². The van der Waals surface area contributed by atoms with E-state index in [1.165, 1.54) is 0 Å². The van der Waals surface area contributed by atoms with Crippen LogP contribution in [0.5, 0.6) is 5.75 Å². The molecule has 0 unspecified atom stereocenters. The van der Waals surface area contributed by atoms with E-state index >= 15 is 0 Å². The van der Waals surface area contributed by atoms with Crippen LogP contribution in [0.25, 0.3) is 6.08 Å². The van der Waals surface area contributed by atoms with Crippen LogP contribution in [-0.2, 0) is 4.79 Å². The Bertz CT molecular complexity index is 807. The fraction of sp³-hybridized carbons (Fsp3) is 0.111. The third kappa shape index (κ3) is 4.12. The molecule has 2 aromatic carbocycles. The third-order valence-electron chi connectivity index (χ3n) is 3.26. The SMILES string of the molecule is COc1ccc(/C=C(\C#N)C(=O)Nc2ccccc2Cl)c(C)c1. The van der Waals surface area contributed by atoms with Crippen molar-refractivity contribution in [2.24, 2.45) is 0 Å². The number of nitriles is 1. The van der Waals surface area contributed by atoms with E-state index in [1.807, 2.05) is 19.1 Å². The number of para-hydroxylation sites is 1. The maximum atomic E-state index is 12.2. The number of amides is 1. The molecule has 1 amide bonds. The molecule has 0 heterocycles. The van der Waals surface area contributed by atoms with Crippen molar-refractivity contribution in [3.05, 3.63) is 64.2 Å². The highest BCUT2D eigenvalue weighted by atomic mass is 35.5. The lowest BCUT2D eigenvalue weighted by molar-refractivity contribution is -0.112. The van der Waals surface area contributed by atoms with Gasteiger partial charge in [-0.3, -0.25) is 4.79 Å². The molecular weight excluding hydrogens is 312 g/mol. The van der Waals surface area contributed by atoms with Gasteiger partial charge in [-0.05, 0) is 48.4 Å². The van der Waals surface area contributed by atoms with Gasteiger partial charge >= 0.3 is 0 Å². The van der Waals surface area contributed by atoms with Crippen LogP contribution in [-0.4, -0.2) is 13.0 Å². The largest absolute Gasteiger partial charge is 0.497 e. The fourth-order valence-corrected chi connectivity index (χ4v) is 2.18. The van der Waals surface area contributed by atoms with E-state index in [1.54, 1.807) is 49.6 Å². The maximum Gasteiger partial charge on any atom is 0.266 e. The zero-order valence-corrected chi connectivity index (χ0v) is 13.5. The predicted molar refractivity (Wildman–Crippen MR) is 91.4 cm³/mol. The maximum absolute atomic E-state index is 12.2. The van der Waals surface area contributed by atoms with Crippen LogP contribution in [0.1, 0.15) is 11.1 Å². The Morgan fingerprint density at radius 1 is 1.30 bits per heavy atom. The van der Waals surface area contributed by atoms with Crippen molar-refractivity contribution in [1.82, 2.24) is 0 Å². The normalized spacial score (nSPS) is 10.8. The summed E-state index contributed by atoms with van der Waals surface area (Å²) >= 11 is 6.00. The van der Waals surface area contributed by atoms with Crippen LogP contribution < -0.4 is 10.1 Å². The van der Waals surface area contributed by atoms with Crippen LogP contribution in [0.3, 0.4) is 0 Å². The lowest BCUT2D eigenvalue weighted by Gasteiger charge is -2.07. The minimum Gasteiger partial charge on any atom is -0.497 e. The van der Waals surface area contributed by atoms with Crippen LogP contribution in [0.2, 0.25) is 5.02 Å². The molecule has 0 saturated heterocycles. The molecule has 0 aliphatic heterocycles. The summed E-state index contributed by atoms with van der Waals surface area (Å²) in [5, 5.41) is 12.3. The summed E-state index contributed by atoms with van der Waals surface area (Å²) in [6, 6.07) is 14.2. The Kier molecular flexibility index (Phi) is 5.40. The van der Waals surface area contributed by atoms with Gasteiger partial charge in [-0.2, -0.15) is 5.26 Å². The minimum absolute atomic E-state index is 0.00168. The highest BCUT2D eigenvalue weighted by Crippen LogP contribution is 2.22. The minimum atomic E-state index is -0.504. The van der Waals surface area contributed by atoms with Gasteiger partial charge in [0.25, 0.3) is 5.91 Å². The number of aryl methyl sites for hydroxylation is 1. The van der Waals surface area contributed by atoms with E-state index in [9.17, 15) is 10.1 Å². The number of benzene rings is 2. The highest BCUT2D eigenvalue weighted by molar-refractivity contribution is 6.34. The van der Waals surface area contributed by atoms with Gasteiger partial charge in [0.05, 0.1) is 17.8 Å². The number of carbonyl (C=O) groups is 1. The monoisotopic (exact) mass is 326 g/mol. The Labute approximate surface area is 140 Å². The molecule has 0 aromatic heterocycles. The molecule has 0 aliphatic rings. The van der Waals surface area contributed by atoms with E-state index < -0.39 is 5.91 Å². The number of nitrogens with one attached hydrogen (secondary N) is 1. The van der Waals surface area contributed by atoms with E-state index in [0.29, 0.717) is 10.7 Å². The van der Waals surface area contributed by atoms with Crippen molar-refractivity contribution in [3.8, 4) is 11.8 Å². The summed E-state index contributed by atoms with van der Waals surface area (Å²) in [6.07, 6.45) is 1.54. The first-order valence-electron chi connectivity index (χ1n) is 6.87. The topological polar surface area (TPSA) is 62.1 Å². The first-order valence-corrected chi connectivity index (χ1v) is 7.25. The van der Waals surface area contributed by atoms with Gasteiger partial charge in [0.2, 0.25) is 0 Å². The zero-order chi connectivity index (χ0) is 16.8. The molecule has 0 radical (unpaired) electrons. The van der Waals surface area contributed by atoms with E-state index in [4.69, 9.17) is 16.3 Å². The molecule has 2 aromatic rings. The van der Waals surface area contributed by atoms with Crippen molar-refractivity contribution < 1.29 is 9.53 Å². The number of anilines is 1. The fourth-order valence-electron chi connectivity index (χ4n) is 1.99. The van der Waals surface area contributed by atoms with Crippen LogP contribution in [0, 0.1) is 18.3 Å². The number of hydrogen-bond acceptors (Lipinski definition) is 3. The van der Waals surface area contributed by atoms with Crippen molar-refractivity contribution in [2.75, 3.05) is 12.4 Å². The van der Waals surface area contributed by atoms with E-state index in [-0.39, 0.29) is 5.57 Å². The molecule has 0 atom stereocenters. The summed E-state index contributed by atoms with van der Waals surface area (Å²) in [6.45, 7) is 1.88. The van der Waals surface area contributed by atoms with Crippen molar-refractivity contribution in [1.29, 1.82) is 5.26 Å². The van der Waals surface area contributed by atoms with Gasteiger partial charge in [-0.1, -0.05) is 29.8 Å². The number of carbonyl (C=O) groups excluding carboxylic acids is 1. The summed E-state index contributed by atoms with van der Waals surface area (Å²) in [4.78, 5) is 12.2. The molecule has 1 N–H and O–H groups in total. The number of ether oxygens (including phenoxy) is 1. The summed E-state index contributed by atoms with van der Waals surface area (Å²) in [5.41, 5.74) is 2.14. The molecule has 23 heavy (non-hydrogen) atoms. The molecule has 0 spiro atoms. The lowest BCUT2D eigenvalue weighted by atomic mass is 10.1. The van der Waals surface area contributed by atoms with Crippen LogP contribution >= 0.6 is 11.6 Å². The smallest absolute Gasteiger partial charge is 0.266 e. The molecule has 5 heteroatoms. The molecular formula is C18H15ClN2O2. The average molecular weight is 327 g/mol. The van der Waals surface area contributed by atoms with Gasteiger partial charge in [0.1, 0.15) is 17.4 Å². The molecule has 116 valence electrons. The second-order valence-electron chi connectivity index (χ2n) is 4.83. The number of nitrogens with zero attached hydrogens (tertiary/aromatic N) is 1. The quantitative estimate of drug-likeness (QED) is 0.676. The first-order chi connectivity index (χ1) is 11.0. The third-order valence-corrected chi connectivity index (χ3v) is 3.59. The number of hydrogen-bond donors (Lipinski definition) is 1. The van der Waals surface area contributed by atoms with Gasteiger partial charge in [-0.15, -0.1) is 0 Å². The first kappa shape index (κ1) is 16.6. The molecule has 2 rings (SSSR count). The zero-order valence-electron chi connectivity index (χ0n) is 12.8. The molecule has 4 nitrogen and oxygen atoms in total. The average Bonchev–Trinajstić information content (AvgIpc) is 2.55. The second-order valence-corrected chi connectivity index (χ2v) is 5.23. The molecule has 0 aliphatic carbocycles. The van der Waals surface area contributed by atoms with Gasteiger partial charge in [0, 0.05) is 0 Å². The Morgan fingerprint density at radius 3 is 2.65 bits per heavy atom. The number of methoxy groups -OCH3 is 1. The summed E-state index contributed by atoms with van der Waals surface area (Å²) in [7, 11) is 1.59. The standard InChI is InChI=1S/C18H15ClN2O2/c1-12-9-15(23-2)8-7-13(12)10-14(11-20)18(22)21-17-6-4-3-5-16(17)19/h3-10H,1-2H3,(H,21,22)/b14-10+. The van der Waals surface area contributed by atoms with Gasteiger partial charge < -0.3 is 10.1 Å². The molecule has 0 saturated carbocycles. The predicted octanol–water partition coefficient (Wildman–Crippen LogP) is 4.20. The second kappa shape index (κ2) is 7.48. The summed E-state index contributed by atoms with van der Waals surface area (Å²) in [5.74, 6) is 0.217. The van der Waals surface area contributed by atoms with Gasteiger partial charge in [0.15, 0.2) is 0 Å². The lowest BCUT2D eigenvalue weighted by Crippen LogP contribution is -2.13. The van der Waals surface area contributed by atoms with Gasteiger partial charge in [-0.25, -0.2) is 0 Å². The number of halogens is 1. The van der Waals surface area contributed by atoms with Crippen molar-refractivity contribution in [2.45, 2.75) is 6.92 Å². The van der Waals surface area contributed by atoms with Crippen LogP contribution in [0.15, 0.2) is 48.0 Å². The Morgan fingerprint density at radius 2 is 2.04 bits per heavy atom. The summed E-state index contributed by atoms with van der Waals surface area (Å²) < 4.78 is 5.14. The van der Waals surface area contributed by atoms with Crippen molar-refractivity contribution in [3.63, 3.8) is 0 Å².